The van der Waals surface area contributed by atoms with E-state index in [9.17, 15) is 4.79 Å². The van der Waals surface area contributed by atoms with E-state index in [4.69, 9.17) is 4.74 Å². The summed E-state index contributed by atoms with van der Waals surface area (Å²) >= 11 is 0. The average Bonchev–Trinajstić information content (AvgIpc) is 2.56. The van der Waals surface area contributed by atoms with Gasteiger partial charge in [0.05, 0.1) is 0 Å². The van der Waals surface area contributed by atoms with Crippen molar-refractivity contribution in [2.45, 2.75) is 97.8 Å². The summed E-state index contributed by atoms with van der Waals surface area (Å²) in [6.45, 7) is 6.23. The van der Waals surface area contributed by atoms with E-state index in [-0.39, 0.29) is 5.97 Å². The van der Waals surface area contributed by atoms with Gasteiger partial charge in [-0.1, -0.05) is 89.3 Å². The molecule has 1 rings (SSSR count). The quantitative estimate of drug-likeness (QED) is 0.223. The molecule has 0 N–H and O–H groups in total. The first-order valence-corrected chi connectivity index (χ1v) is 9.92. The molecule has 0 aliphatic heterocycles. The van der Waals surface area contributed by atoms with Crippen molar-refractivity contribution >= 4 is 5.97 Å². The van der Waals surface area contributed by atoms with Crippen LogP contribution in [0.1, 0.15) is 95.1 Å². The number of para-hydroxylation sites is 1. The van der Waals surface area contributed by atoms with Gasteiger partial charge in [-0.2, -0.15) is 0 Å². The molecule has 0 atom stereocenters. The summed E-state index contributed by atoms with van der Waals surface area (Å²) in [5.41, 5.74) is 2.06. The molecule has 1 aromatic carbocycles. The zero-order valence-electron chi connectivity index (χ0n) is 16.0. The van der Waals surface area contributed by atoms with E-state index >= 15 is 0 Å². The molecule has 2 heteroatoms. The Hall–Kier alpha value is -1.31. The summed E-state index contributed by atoms with van der Waals surface area (Å²) in [5, 5.41) is 0. The molecule has 2 nitrogen and oxygen atoms in total. The van der Waals surface area contributed by atoms with Crippen LogP contribution in [0.2, 0.25) is 0 Å². The van der Waals surface area contributed by atoms with Gasteiger partial charge in [0.25, 0.3) is 0 Å². The van der Waals surface area contributed by atoms with Gasteiger partial charge >= 0.3 is 5.97 Å². The molecule has 0 fully saturated rings. The molecule has 0 amide bonds. The third-order valence-corrected chi connectivity index (χ3v) is 4.61. The Morgan fingerprint density at radius 3 is 1.75 bits per heavy atom. The highest BCUT2D eigenvalue weighted by atomic mass is 16.5. The summed E-state index contributed by atoms with van der Waals surface area (Å²) in [5.74, 6) is 0.647. The summed E-state index contributed by atoms with van der Waals surface area (Å²) in [6.07, 6.45) is 14.8. The van der Waals surface area contributed by atoms with Gasteiger partial charge in [-0.05, 0) is 31.4 Å². The first-order valence-electron chi connectivity index (χ1n) is 9.92. The summed E-state index contributed by atoms with van der Waals surface area (Å²) in [7, 11) is 0. The monoisotopic (exact) mass is 332 g/mol. The fraction of sp³-hybridized carbons (Fsp3) is 0.682. The SMILES string of the molecule is CCCCCCCCCCCCCC(=O)Oc1c(C)cccc1C. The van der Waals surface area contributed by atoms with E-state index in [1.54, 1.807) is 0 Å². The highest BCUT2D eigenvalue weighted by Gasteiger charge is 2.09. The second-order valence-electron chi connectivity index (χ2n) is 6.98. The Kier molecular flexibility index (Phi) is 11.3. The van der Waals surface area contributed by atoms with E-state index in [0.29, 0.717) is 6.42 Å². The Morgan fingerprint density at radius 2 is 1.25 bits per heavy atom. The van der Waals surface area contributed by atoms with E-state index in [1.807, 2.05) is 32.0 Å². The smallest absolute Gasteiger partial charge is 0.311 e. The van der Waals surface area contributed by atoms with Gasteiger partial charge in [0.2, 0.25) is 0 Å². The summed E-state index contributed by atoms with van der Waals surface area (Å²) in [6, 6.07) is 5.96. The third-order valence-electron chi connectivity index (χ3n) is 4.61. The predicted octanol–water partition coefficient (Wildman–Crippen LogP) is 6.91. The molecule has 1 aromatic rings. The van der Waals surface area contributed by atoms with Gasteiger partial charge in [0.1, 0.15) is 5.75 Å². The normalized spacial score (nSPS) is 10.8. The number of ether oxygens (including phenoxy) is 1. The number of rotatable bonds is 13. The standard InChI is InChI=1S/C22H36O2/c1-4-5-6-7-8-9-10-11-12-13-14-18-21(23)24-22-19(2)16-15-17-20(22)3/h15-17H,4-14,18H2,1-3H3. The zero-order valence-corrected chi connectivity index (χ0v) is 16.0. The lowest BCUT2D eigenvalue weighted by atomic mass is 10.1. The second-order valence-corrected chi connectivity index (χ2v) is 6.98. The van der Waals surface area contributed by atoms with Crippen molar-refractivity contribution in [3.63, 3.8) is 0 Å². The molecule has 136 valence electrons. The van der Waals surface area contributed by atoms with Crippen LogP contribution in [-0.4, -0.2) is 5.97 Å². The van der Waals surface area contributed by atoms with Crippen LogP contribution in [0.15, 0.2) is 18.2 Å². The lowest BCUT2D eigenvalue weighted by molar-refractivity contribution is -0.134. The predicted molar refractivity (Wildman–Crippen MR) is 103 cm³/mol. The number of carbonyl (C=O) groups excluding carboxylic acids is 1. The summed E-state index contributed by atoms with van der Waals surface area (Å²) in [4.78, 5) is 12.0. The second kappa shape index (κ2) is 13.0. The van der Waals surface area contributed by atoms with Gasteiger partial charge in [0.15, 0.2) is 0 Å². The minimum absolute atomic E-state index is 0.0941. The molecule has 0 aliphatic rings. The van der Waals surface area contributed by atoms with Crippen LogP contribution in [0.3, 0.4) is 0 Å². The number of hydrogen-bond donors (Lipinski definition) is 0. The molecule has 0 aliphatic carbocycles. The van der Waals surface area contributed by atoms with Crippen molar-refractivity contribution < 1.29 is 9.53 Å². The summed E-state index contributed by atoms with van der Waals surface area (Å²) < 4.78 is 5.53. The molecule has 0 saturated carbocycles. The Balaban J connectivity index is 2.00. The van der Waals surface area contributed by atoms with Crippen LogP contribution < -0.4 is 4.74 Å². The van der Waals surface area contributed by atoms with Crippen molar-refractivity contribution in [3.8, 4) is 5.75 Å². The molecule has 0 bridgehead atoms. The highest BCUT2D eigenvalue weighted by molar-refractivity contribution is 5.73. The van der Waals surface area contributed by atoms with Crippen LogP contribution >= 0.6 is 0 Å². The molecule has 0 unspecified atom stereocenters. The van der Waals surface area contributed by atoms with Crippen molar-refractivity contribution in [1.82, 2.24) is 0 Å². The van der Waals surface area contributed by atoms with Crippen molar-refractivity contribution in [2.75, 3.05) is 0 Å². The van der Waals surface area contributed by atoms with Gasteiger partial charge < -0.3 is 4.74 Å². The lowest BCUT2D eigenvalue weighted by Gasteiger charge is -2.10. The highest BCUT2D eigenvalue weighted by Crippen LogP contribution is 2.23. The lowest BCUT2D eigenvalue weighted by Crippen LogP contribution is -2.09. The van der Waals surface area contributed by atoms with Crippen LogP contribution in [0.4, 0.5) is 0 Å². The number of aryl methyl sites for hydroxylation is 2. The fourth-order valence-corrected chi connectivity index (χ4v) is 3.06. The maximum atomic E-state index is 12.0. The first kappa shape index (κ1) is 20.7. The van der Waals surface area contributed by atoms with E-state index in [2.05, 4.69) is 6.92 Å². The van der Waals surface area contributed by atoms with Crippen molar-refractivity contribution in [1.29, 1.82) is 0 Å². The molecule has 24 heavy (non-hydrogen) atoms. The van der Waals surface area contributed by atoms with E-state index in [0.717, 1.165) is 29.7 Å². The zero-order chi connectivity index (χ0) is 17.6. The number of hydrogen-bond acceptors (Lipinski definition) is 2. The van der Waals surface area contributed by atoms with Crippen molar-refractivity contribution in [2.24, 2.45) is 0 Å². The van der Waals surface area contributed by atoms with E-state index in [1.165, 1.54) is 57.8 Å². The number of unbranched alkanes of at least 4 members (excludes halogenated alkanes) is 10. The molecule has 0 spiro atoms. The number of benzene rings is 1. The molecule has 0 aromatic heterocycles. The largest absolute Gasteiger partial charge is 0.426 e. The van der Waals surface area contributed by atoms with Crippen molar-refractivity contribution in [3.05, 3.63) is 29.3 Å². The maximum Gasteiger partial charge on any atom is 0.311 e. The van der Waals surface area contributed by atoms with Crippen LogP contribution in [-0.2, 0) is 4.79 Å². The van der Waals surface area contributed by atoms with Gasteiger partial charge in [-0.25, -0.2) is 0 Å². The van der Waals surface area contributed by atoms with Gasteiger partial charge in [0, 0.05) is 6.42 Å². The van der Waals surface area contributed by atoms with E-state index < -0.39 is 0 Å². The molecule has 0 saturated heterocycles. The van der Waals surface area contributed by atoms with Crippen LogP contribution in [0.25, 0.3) is 0 Å². The Morgan fingerprint density at radius 1 is 0.792 bits per heavy atom. The Labute approximate surface area is 149 Å². The molecular weight excluding hydrogens is 296 g/mol. The van der Waals surface area contributed by atoms with Gasteiger partial charge in [-0.3, -0.25) is 4.79 Å². The third kappa shape index (κ3) is 9.10. The Bertz CT molecular complexity index is 445. The fourth-order valence-electron chi connectivity index (χ4n) is 3.06. The number of esters is 1. The minimum Gasteiger partial charge on any atom is -0.426 e. The first-order chi connectivity index (χ1) is 11.6. The van der Waals surface area contributed by atoms with Crippen LogP contribution in [0.5, 0.6) is 5.75 Å². The maximum absolute atomic E-state index is 12.0. The number of carbonyl (C=O) groups is 1. The molecular formula is C22H36O2. The molecule has 0 heterocycles. The average molecular weight is 333 g/mol. The molecule has 0 radical (unpaired) electrons. The topological polar surface area (TPSA) is 26.3 Å². The van der Waals surface area contributed by atoms with Gasteiger partial charge in [-0.15, -0.1) is 0 Å². The minimum atomic E-state index is -0.0941. The van der Waals surface area contributed by atoms with Crippen LogP contribution in [0, 0.1) is 13.8 Å².